The minimum absolute atomic E-state index is 0.0427. The quantitative estimate of drug-likeness (QED) is 0.776. The molecular formula is C15H9F3N2O. The Morgan fingerprint density at radius 3 is 2.38 bits per heavy atom. The van der Waals surface area contributed by atoms with Gasteiger partial charge >= 0.3 is 0 Å². The second-order valence-corrected chi connectivity index (χ2v) is 4.38. The fourth-order valence-electron chi connectivity index (χ4n) is 2.08. The summed E-state index contributed by atoms with van der Waals surface area (Å²) in [4.78, 5) is 0. The lowest BCUT2D eigenvalue weighted by atomic mass is 10.0. The number of hydrogen-bond acceptors (Lipinski definition) is 3. The highest BCUT2D eigenvalue weighted by molar-refractivity contribution is 5.86. The van der Waals surface area contributed by atoms with Gasteiger partial charge in [0.1, 0.15) is 17.5 Å². The molecule has 0 spiro atoms. The first-order valence-electron chi connectivity index (χ1n) is 6.03. The Labute approximate surface area is 117 Å². The van der Waals surface area contributed by atoms with Crippen LogP contribution >= 0.6 is 0 Å². The van der Waals surface area contributed by atoms with Crippen LogP contribution in [0.15, 0.2) is 47.0 Å². The lowest BCUT2D eigenvalue weighted by Gasteiger charge is -2.05. The molecule has 0 aliphatic rings. The molecule has 0 saturated carbocycles. The Balaban J connectivity index is 2.25. The van der Waals surface area contributed by atoms with Gasteiger partial charge in [-0.25, -0.2) is 13.2 Å². The van der Waals surface area contributed by atoms with E-state index in [1.54, 1.807) is 6.07 Å². The molecular weight excluding hydrogens is 281 g/mol. The molecule has 0 aliphatic heterocycles. The second kappa shape index (κ2) is 4.97. The van der Waals surface area contributed by atoms with Gasteiger partial charge in [0.2, 0.25) is 0 Å². The molecule has 6 heteroatoms. The van der Waals surface area contributed by atoms with Crippen molar-refractivity contribution in [3.63, 3.8) is 0 Å². The van der Waals surface area contributed by atoms with Crippen LogP contribution in [-0.2, 0) is 0 Å². The van der Waals surface area contributed by atoms with E-state index in [2.05, 4.69) is 5.16 Å². The number of nitrogen functional groups attached to an aromatic ring is 1. The number of benzene rings is 2. The molecule has 0 radical (unpaired) electrons. The van der Waals surface area contributed by atoms with Crippen molar-refractivity contribution >= 4 is 5.82 Å². The average molecular weight is 290 g/mol. The second-order valence-electron chi connectivity index (χ2n) is 4.38. The summed E-state index contributed by atoms with van der Waals surface area (Å²) < 4.78 is 45.8. The Morgan fingerprint density at radius 1 is 0.905 bits per heavy atom. The number of nitrogens with zero attached hydrogens (tertiary/aromatic N) is 1. The van der Waals surface area contributed by atoms with Crippen LogP contribution in [0, 0.1) is 17.5 Å². The Hall–Kier alpha value is -2.76. The number of halogens is 3. The van der Waals surface area contributed by atoms with Crippen molar-refractivity contribution in [1.82, 2.24) is 5.16 Å². The first-order chi connectivity index (χ1) is 10.1. The zero-order valence-corrected chi connectivity index (χ0v) is 10.6. The number of rotatable bonds is 2. The van der Waals surface area contributed by atoms with Crippen LogP contribution in [0.2, 0.25) is 0 Å². The van der Waals surface area contributed by atoms with Gasteiger partial charge in [-0.05, 0) is 18.2 Å². The fourth-order valence-corrected chi connectivity index (χ4v) is 2.08. The van der Waals surface area contributed by atoms with Gasteiger partial charge in [0.25, 0.3) is 0 Å². The van der Waals surface area contributed by atoms with Crippen LogP contribution in [0.5, 0.6) is 0 Å². The van der Waals surface area contributed by atoms with Gasteiger partial charge in [-0.2, -0.15) is 0 Å². The molecule has 0 bridgehead atoms. The molecule has 21 heavy (non-hydrogen) atoms. The van der Waals surface area contributed by atoms with Gasteiger partial charge in [0.15, 0.2) is 11.6 Å². The summed E-state index contributed by atoms with van der Waals surface area (Å²) in [6.07, 6.45) is 0. The standard InChI is InChI=1S/C15H9F3N2O/c16-8-5-6-10(12(18)7-8)14-13(15(19)20-21-14)9-3-1-2-4-11(9)17/h1-7H,(H2,19,20). The van der Waals surface area contributed by atoms with Gasteiger partial charge in [0.05, 0.1) is 11.1 Å². The summed E-state index contributed by atoms with van der Waals surface area (Å²) in [5.74, 6) is -2.23. The van der Waals surface area contributed by atoms with E-state index in [0.29, 0.717) is 6.07 Å². The van der Waals surface area contributed by atoms with E-state index in [1.165, 1.54) is 24.3 Å². The van der Waals surface area contributed by atoms with Crippen molar-refractivity contribution in [3.05, 3.63) is 59.9 Å². The topological polar surface area (TPSA) is 52.0 Å². The summed E-state index contributed by atoms with van der Waals surface area (Å²) in [6, 6.07) is 8.81. The van der Waals surface area contributed by atoms with E-state index in [1.807, 2.05) is 0 Å². The lowest BCUT2D eigenvalue weighted by Crippen LogP contribution is -1.92. The molecule has 0 saturated heterocycles. The SMILES string of the molecule is Nc1noc(-c2ccc(F)cc2F)c1-c1ccccc1F. The third-order valence-electron chi connectivity index (χ3n) is 3.04. The molecule has 106 valence electrons. The molecule has 0 unspecified atom stereocenters. The van der Waals surface area contributed by atoms with E-state index in [9.17, 15) is 13.2 Å². The monoisotopic (exact) mass is 290 g/mol. The Morgan fingerprint density at radius 2 is 1.67 bits per heavy atom. The minimum Gasteiger partial charge on any atom is -0.380 e. The molecule has 0 fully saturated rings. The van der Waals surface area contributed by atoms with Crippen LogP contribution in [0.25, 0.3) is 22.5 Å². The average Bonchev–Trinajstić information content (AvgIpc) is 2.81. The van der Waals surface area contributed by atoms with Crippen LogP contribution in [-0.4, -0.2) is 5.16 Å². The van der Waals surface area contributed by atoms with Gasteiger partial charge < -0.3 is 10.3 Å². The maximum atomic E-state index is 13.9. The van der Waals surface area contributed by atoms with Gasteiger partial charge in [0, 0.05) is 11.6 Å². The number of nitrogens with two attached hydrogens (primary N) is 1. The predicted molar refractivity (Wildman–Crippen MR) is 71.7 cm³/mol. The largest absolute Gasteiger partial charge is 0.380 e. The van der Waals surface area contributed by atoms with Crippen molar-refractivity contribution in [2.75, 3.05) is 5.73 Å². The first-order valence-corrected chi connectivity index (χ1v) is 6.03. The maximum Gasteiger partial charge on any atom is 0.179 e. The van der Waals surface area contributed by atoms with Crippen molar-refractivity contribution < 1.29 is 17.7 Å². The highest BCUT2D eigenvalue weighted by Crippen LogP contribution is 2.38. The summed E-state index contributed by atoms with van der Waals surface area (Å²) in [7, 11) is 0. The highest BCUT2D eigenvalue weighted by Gasteiger charge is 2.22. The third-order valence-corrected chi connectivity index (χ3v) is 3.04. The van der Waals surface area contributed by atoms with E-state index < -0.39 is 17.5 Å². The molecule has 3 rings (SSSR count). The molecule has 3 nitrogen and oxygen atoms in total. The molecule has 0 aliphatic carbocycles. The van der Waals surface area contributed by atoms with Gasteiger partial charge in [-0.3, -0.25) is 0 Å². The Bertz CT molecular complexity index is 814. The van der Waals surface area contributed by atoms with Crippen molar-refractivity contribution in [3.8, 4) is 22.5 Å². The van der Waals surface area contributed by atoms with Crippen LogP contribution in [0.1, 0.15) is 0 Å². The smallest absolute Gasteiger partial charge is 0.179 e. The molecule has 1 aromatic heterocycles. The lowest BCUT2D eigenvalue weighted by molar-refractivity contribution is 0.433. The van der Waals surface area contributed by atoms with Crippen LogP contribution in [0.3, 0.4) is 0 Å². The molecule has 0 amide bonds. The van der Waals surface area contributed by atoms with Crippen molar-refractivity contribution in [2.24, 2.45) is 0 Å². The summed E-state index contributed by atoms with van der Waals surface area (Å²) in [6.45, 7) is 0. The van der Waals surface area contributed by atoms with Crippen molar-refractivity contribution in [2.45, 2.75) is 0 Å². The van der Waals surface area contributed by atoms with E-state index >= 15 is 0 Å². The normalized spacial score (nSPS) is 10.8. The molecule has 3 aromatic rings. The zero-order valence-electron chi connectivity index (χ0n) is 10.6. The molecule has 2 N–H and O–H groups in total. The van der Waals surface area contributed by atoms with Gasteiger partial charge in [-0.1, -0.05) is 23.4 Å². The summed E-state index contributed by atoms with van der Waals surface area (Å²) in [5, 5.41) is 3.55. The predicted octanol–water partition coefficient (Wildman–Crippen LogP) is 4.01. The molecule has 2 aromatic carbocycles. The van der Waals surface area contributed by atoms with E-state index in [-0.39, 0.29) is 28.3 Å². The fraction of sp³-hybridized carbons (Fsp3) is 0. The van der Waals surface area contributed by atoms with Gasteiger partial charge in [-0.15, -0.1) is 0 Å². The maximum absolute atomic E-state index is 13.9. The molecule has 1 heterocycles. The number of hydrogen-bond donors (Lipinski definition) is 1. The first kappa shape index (κ1) is 13.2. The van der Waals surface area contributed by atoms with Crippen LogP contribution < -0.4 is 5.73 Å². The summed E-state index contributed by atoms with van der Waals surface area (Å²) in [5.41, 5.74) is 5.92. The number of anilines is 1. The minimum atomic E-state index is -0.844. The van der Waals surface area contributed by atoms with Crippen molar-refractivity contribution in [1.29, 1.82) is 0 Å². The molecule has 0 atom stereocenters. The Kier molecular flexibility index (Phi) is 3.13. The van der Waals surface area contributed by atoms with Crippen LogP contribution in [0.4, 0.5) is 19.0 Å². The zero-order chi connectivity index (χ0) is 15.0. The number of aromatic nitrogens is 1. The third kappa shape index (κ3) is 2.24. The van der Waals surface area contributed by atoms with E-state index in [0.717, 1.165) is 6.07 Å². The summed E-state index contributed by atoms with van der Waals surface area (Å²) >= 11 is 0. The highest BCUT2D eigenvalue weighted by atomic mass is 19.1. The van der Waals surface area contributed by atoms with E-state index in [4.69, 9.17) is 10.3 Å².